The van der Waals surface area contributed by atoms with Gasteiger partial charge in [0.05, 0.1) is 6.10 Å². The number of rotatable bonds is 4. The Kier molecular flexibility index (Phi) is 3.98. The monoisotopic (exact) mass is 182 g/mol. The van der Waals surface area contributed by atoms with Crippen LogP contribution in [0.15, 0.2) is 12.7 Å². The van der Waals surface area contributed by atoms with Crippen molar-refractivity contribution in [1.29, 1.82) is 0 Å². The van der Waals surface area contributed by atoms with Gasteiger partial charge in [0.2, 0.25) is 0 Å². The zero-order valence-electron chi connectivity index (χ0n) is 8.87. The van der Waals surface area contributed by atoms with E-state index < -0.39 is 0 Å². The van der Waals surface area contributed by atoms with Gasteiger partial charge >= 0.3 is 0 Å². The van der Waals surface area contributed by atoms with Gasteiger partial charge in [0.1, 0.15) is 0 Å². The Balaban J connectivity index is 2.54. The number of hydrogen-bond acceptors (Lipinski definition) is 1. The van der Waals surface area contributed by atoms with Crippen molar-refractivity contribution in [2.75, 3.05) is 0 Å². The minimum absolute atomic E-state index is 0.194. The molecular weight excluding hydrogens is 160 g/mol. The number of aliphatic hydroxyl groups excluding tert-OH is 1. The van der Waals surface area contributed by atoms with Crippen molar-refractivity contribution in [2.24, 2.45) is 17.8 Å². The van der Waals surface area contributed by atoms with Crippen molar-refractivity contribution in [1.82, 2.24) is 0 Å². The lowest BCUT2D eigenvalue weighted by molar-refractivity contribution is 0.0592. The molecule has 2 atom stereocenters. The zero-order valence-corrected chi connectivity index (χ0v) is 8.87. The Hall–Kier alpha value is -0.300. The topological polar surface area (TPSA) is 20.2 Å². The van der Waals surface area contributed by atoms with Crippen molar-refractivity contribution in [3.8, 4) is 0 Å². The van der Waals surface area contributed by atoms with E-state index in [1.165, 1.54) is 25.7 Å². The average Bonchev–Trinajstić information content (AvgIpc) is 2.58. The lowest BCUT2D eigenvalue weighted by atomic mass is 9.82. The van der Waals surface area contributed by atoms with Gasteiger partial charge in [-0.3, -0.25) is 0 Å². The smallest absolute Gasteiger partial charge is 0.0628 e. The molecule has 0 radical (unpaired) electrons. The third kappa shape index (κ3) is 2.57. The Morgan fingerprint density at radius 3 is 2.23 bits per heavy atom. The molecule has 0 saturated heterocycles. The summed E-state index contributed by atoms with van der Waals surface area (Å²) < 4.78 is 0. The molecule has 0 aromatic rings. The molecule has 0 aliphatic heterocycles. The predicted molar refractivity (Wildman–Crippen MR) is 56.5 cm³/mol. The Morgan fingerprint density at radius 2 is 1.85 bits per heavy atom. The number of aliphatic hydroxyl groups is 1. The van der Waals surface area contributed by atoms with Gasteiger partial charge in [0, 0.05) is 5.92 Å². The Bertz CT molecular complexity index is 155. The van der Waals surface area contributed by atoms with Crippen LogP contribution in [0.2, 0.25) is 0 Å². The fourth-order valence-electron chi connectivity index (χ4n) is 2.40. The molecule has 0 amide bonds. The van der Waals surface area contributed by atoms with Crippen molar-refractivity contribution in [2.45, 2.75) is 45.6 Å². The molecule has 0 heterocycles. The first-order chi connectivity index (χ1) is 6.16. The van der Waals surface area contributed by atoms with Crippen LogP contribution < -0.4 is 0 Å². The molecule has 0 spiro atoms. The van der Waals surface area contributed by atoms with Crippen LogP contribution in [-0.4, -0.2) is 11.2 Å². The molecule has 0 bridgehead atoms. The van der Waals surface area contributed by atoms with Crippen LogP contribution in [0, 0.1) is 17.8 Å². The maximum atomic E-state index is 9.98. The Labute approximate surface area is 81.9 Å². The summed E-state index contributed by atoms with van der Waals surface area (Å²) in [5.41, 5.74) is 0. The van der Waals surface area contributed by atoms with Crippen LogP contribution in [-0.2, 0) is 0 Å². The molecule has 0 aromatic heterocycles. The van der Waals surface area contributed by atoms with Gasteiger partial charge < -0.3 is 5.11 Å². The van der Waals surface area contributed by atoms with Crippen LogP contribution in [0.4, 0.5) is 0 Å². The molecule has 1 heteroatoms. The van der Waals surface area contributed by atoms with E-state index in [-0.39, 0.29) is 6.10 Å². The maximum absolute atomic E-state index is 9.98. The third-order valence-corrected chi connectivity index (χ3v) is 3.29. The first-order valence-electron chi connectivity index (χ1n) is 5.47. The van der Waals surface area contributed by atoms with E-state index in [0.29, 0.717) is 17.8 Å². The van der Waals surface area contributed by atoms with E-state index in [1.807, 2.05) is 6.08 Å². The molecule has 1 fully saturated rings. The minimum Gasteiger partial charge on any atom is -0.392 e. The quantitative estimate of drug-likeness (QED) is 0.663. The van der Waals surface area contributed by atoms with Crippen molar-refractivity contribution in [3.05, 3.63) is 12.7 Å². The lowest BCUT2D eigenvalue weighted by Gasteiger charge is -2.27. The van der Waals surface area contributed by atoms with Gasteiger partial charge in [0.15, 0.2) is 0 Å². The summed E-state index contributed by atoms with van der Waals surface area (Å²) in [6.07, 6.45) is 6.99. The average molecular weight is 182 g/mol. The molecule has 1 N–H and O–H groups in total. The first-order valence-corrected chi connectivity index (χ1v) is 5.47. The van der Waals surface area contributed by atoms with Crippen LogP contribution in [0.1, 0.15) is 39.5 Å². The second kappa shape index (κ2) is 4.80. The third-order valence-electron chi connectivity index (χ3n) is 3.29. The highest BCUT2D eigenvalue weighted by molar-refractivity contribution is 4.92. The van der Waals surface area contributed by atoms with Gasteiger partial charge in [-0.1, -0.05) is 32.8 Å². The maximum Gasteiger partial charge on any atom is 0.0628 e. The summed E-state index contributed by atoms with van der Waals surface area (Å²) in [7, 11) is 0. The van der Waals surface area contributed by atoms with Gasteiger partial charge in [-0.15, -0.1) is 6.58 Å². The molecule has 1 rings (SSSR count). The standard InChI is InChI=1S/C12H22O/c1-4-11(12(13)9(2)3)10-7-5-6-8-10/h4,9-13H,1,5-8H2,2-3H3/t11-,12+/m1/s1. The lowest BCUT2D eigenvalue weighted by Crippen LogP contribution is -2.29. The van der Waals surface area contributed by atoms with Gasteiger partial charge in [-0.2, -0.15) is 0 Å². The molecular formula is C12H22O. The molecule has 76 valence electrons. The minimum atomic E-state index is -0.194. The second-order valence-electron chi connectivity index (χ2n) is 4.59. The summed E-state index contributed by atoms with van der Waals surface area (Å²) in [4.78, 5) is 0. The van der Waals surface area contributed by atoms with Crippen molar-refractivity contribution in [3.63, 3.8) is 0 Å². The summed E-state index contributed by atoms with van der Waals surface area (Å²) in [5.74, 6) is 1.36. The second-order valence-corrected chi connectivity index (χ2v) is 4.59. The molecule has 0 aromatic carbocycles. The molecule has 1 aliphatic rings. The summed E-state index contributed by atoms with van der Waals surface area (Å²) in [5, 5.41) is 9.98. The SMILES string of the molecule is C=C[C@H](C1CCCC1)[C@@H](O)C(C)C. The fraction of sp³-hybridized carbons (Fsp3) is 0.833. The largest absolute Gasteiger partial charge is 0.392 e. The van der Waals surface area contributed by atoms with Gasteiger partial charge in [-0.05, 0) is 24.7 Å². The van der Waals surface area contributed by atoms with Crippen LogP contribution in [0.25, 0.3) is 0 Å². The van der Waals surface area contributed by atoms with E-state index in [9.17, 15) is 5.11 Å². The fourth-order valence-corrected chi connectivity index (χ4v) is 2.40. The van der Waals surface area contributed by atoms with E-state index in [0.717, 1.165) is 0 Å². The Morgan fingerprint density at radius 1 is 1.31 bits per heavy atom. The number of hydrogen-bond donors (Lipinski definition) is 1. The van der Waals surface area contributed by atoms with Crippen molar-refractivity contribution >= 4 is 0 Å². The van der Waals surface area contributed by atoms with E-state index >= 15 is 0 Å². The van der Waals surface area contributed by atoms with E-state index in [4.69, 9.17) is 0 Å². The first kappa shape index (κ1) is 10.8. The van der Waals surface area contributed by atoms with Crippen LogP contribution in [0.5, 0.6) is 0 Å². The highest BCUT2D eigenvalue weighted by Crippen LogP contribution is 2.35. The highest BCUT2D eigenvalue weighted by atomic mass is 16.3. The van der Waals surface area contributed by atoms with Gasteiger partial charge in [0.25, 0.3) is 0 Å². The summed E-state index contributed by atoms with van der Waals surface area (Å²) in [6.45, 7) is 8.01. The highest BCUT2D eigenvalue weighted by Gasteiger charge is 2.29. The van der Waals surface area contributed by atoms with Crippen LogP contribution >= 0.6 is 0 Å². The van der Waals surface area contributed by atoms with E-state index in [1.54, 1.807) is 0 Å². The molecule has 1 saturated carbocycles. The van der Waals surface area contributed by atoms with Gasteiger partial charge in [-0.25, -0.2) is 0 Å². The summed E-state index contributed by atoms with van der Waals surface area (Å²) >= 11 is 0. The van der Waals surface area contributed by atoms with E-state index in [2.05, 4.69) is 20.4 Å². The molecule has 13 heavy (non-hydrogen) atoms. The summed E-state index contributed by atoms with van der Waals surface area (Å²) in [6, 6.07) is 0. The normalized spacial score (nSPS) is 23.4. The molecule has 0 unspecified atom stereocenters. The zero-order chi connectivity index (χ0) is 9.84. The molecule has 1 nitrogen and oxygen atoms in total. The van der Waals surface area contributed by atoms with Crippen molar-refractivity contribution < 1.29 is 5.11 Å². The predicted octanol–water partition coefficient (Wildman–Crippen LogP) is 3.00. The molecule has 1 aliphatic carbocycles. The van der Waals surface area contributed by atoms with Crippen LogP contribution in [0.3, 0.4) is 0 Å².